The van der Waals surface area contributed by atoms with Crippen molar-refractivity contribution in [3.05, 3.63) is 57.0 Å². The van der Waals surface area contributed by atoms with E-state index in [0.29, 0.717) is 24.3 Å². The van der Waals surface area contributed by atoms with E-state index in [4.69, 9.17) is 65.7 Å². The zero-order chi connectivity index (χ0) is 30.7. The van der Waals surface area contributed by atoms with Gasteiger partial charge in [0.1, 0.15) is 23.3 Å². The third-order valence-corrected chi connectivity index (χ3v) is 7.23. The number of guanidine groups is 1. The molecule has 0 fully saturated rings. The number of hydrogen-bond donors (Lipinski definition) is 5. The molecule has 7 N–H and O–H groups in total. The zero-order valence-corrected chi connectivity index (χ0v) is 23.1. The van der Waals surface area contributed by atoms with Gasteiger partial charge in [0.05, 0.1) is 21.7 Å². The minimum Gasteiger partial charge on any atom is -0.493 e. The highest BCUT2D eigenvalue weighted by atomic mass is 35.5. The van der Waals surface area contributed by atoms with E-state index in [0.717, 1.165) is 6.07 Å². The summed E-state index contributed by atoms with van der Waals surface area (Å²) in [6.45, 7) is 0.598. The van der Waals surface area contributed by atoms with E-state index in [1.807, 2.05) is 0 Å². The largest absolute Gasteiger partial charge is 0.493 e. The van der Waals surface area contributed by atoms with Crippen LogP contribution in [0.15, 0.2) is 46.4 Å². The second-order valence-corrected chi connectivity index (χ2v) is 10.2. The van der Waals surface area contributed by atoms with Gasteiger partial charge in [-0.1, -0.05) is 46.9 Å². The lowest BCUT2D eigenvalue weighted by Gasteiger charge is -2.16. The van der Waals surface area contributed by atoms with Crippen molar-refractivity contribution >= 4 is 62.7 Å². The van der Waals surface area contributed by atoms with Gasteiger partial charge in [-0.05, 0) is 41.4 Å². The summed E-state index contributed by atoms with van der Waals surface area (Å²) >= 11 is 17.7. The highest BCUT2D eigenvalue weighted by Gasteiger charge is 2.38. The fraction of sp³-hybridized carbons (Fsp3) is 0.286. The molecule has 0 aliphatic rings. The molecule has 12 nitrogen and oxygen atoms in total. The number of nitrogens with two attached hydrogens (primary N) is 2. The van der Waals surface area contributed by atoms with E-state index in [1.165, 1.54) is 6.07 Å². The molecule has 0 spiro atoms. The van der Waals surface area contributed by atoms with Crippen molar-refractivity contribution in [2.75, 3.05) is 13.2 Å². The molecule has 1 atom stereocenters. The number of rotatable bonds is 12. The minimum absolute atomic E-state index is 0.0685. The van der Waals surface area contributed by atoms with Crippen LogP contribution in [0.5, 0.6) is 5.75 Å². The van der Waals surface area contributed by atoms with Gasteiger partial charge >= 0.3 is 18.1 Å². The predicted molar refractivity (Wildman–Crippen MR) is 139 cm³/mol. The molecule has 222 valence electrons. The normalized spacial score (nSPS) is 11.9. The average molecular weight is 654 g/mol. The van der Waals surface area contributed by atoms with Gasteiger partial charge in [-0.3, -0.25) is 4.79 Å². The maximum atomic E-state index is 12.7. The topological polar surface area (TPSA) is 204 Å². The van der Waals surface area contributed by atoms with Crippen molar-refractivity contribution in [2.45, 2.75) is 30.0 Å². The number of hydrogen-bond acceptors (Lipinski definition) is 7. The molecular weight excluding hydrogens is 632 g/mol. The highest BCUT2D eigenvalue weighted by molar-refractivity contribution is 7.89. The number of nitrogens with one attached hydrogen (secondary N) is 1. The first-order valence-corrected chi connectivity index (χ1v) is 13.2. The third-order valence-electron chi connectivity index (χ3n) is 4.31. The number of sulfonamides is 1. The maximum Gasteiger partial charge on any atom is 0.490 e. The molecule has 2 aromatic carbocycles. The number of alkyl halides is 3. The van der Waals surface area contributed by atoms with Gasteiger partial charge in [-0.15, -0.1) is 0 Å². The molecule has 0 aliphatic heterocycles. The van der Waals surface area contributed by atoms with Crippen LogP contribution in [0.1, 0.15) is 12.0 Å². The van der Waals surface area contributed by atoms with Gasteiger partial charge in [-0.2, -0.15) is 17.9 Å². The molecule has 0 saturated heterocycles. The monoisotopic (exact) mass is 652 g/mol. The fourth-order valence-corrected chi connectivity index (χ4v) is 4.70. The second kappa shape index (κ2) is 15.6. The standard InChI is InChI=1S/C19H21Cl3N4O6S.C2HF3O2/c20-13-6-7-15(17(22)16(13)21)33(29,30)26-14(18(27)28)10-11-2-4-12(5-3-11)31-8-1-9-32-25-19(23)24;3-2(4,5)1(6)7/h2-7,14,26H,1,8-10H2,(H,27,28)(H4,23,24,25);(H,6,7)/t14-;/m0./s1. The summed E-state index contributed by atoms with van der Waals surface area (Å²) in [7, 11) is -4.30. The maximum absolute atomic E-state index is 12.7. The molecule has 0 heterocycles. The fourth-order valence-electron chi connectivity index (χ4n) is 2.54. The number of oxime groups is 1. The zero-order valence-electron chi connectivity index (χ0n) is 20.0. The van der Waals surface area contributed by atoms with Crippen LogP contribution in [-0.4, -0.2) is 62.0 Å². The summed E-state index contributed by atoms with van der Waals surface area (Å²) in [5, 5.41) is 19.6. The molecule has 19 heteroatoms. The van der Waals surface area contributed by atoms with Crippen LogP contribution in [0.2, 0.25) is 15.1 Å². The molecule has 2 aromatic rings. The van der Waals surface area contributed by atoms with E-state index in [9.17, 15) is 31.5 Å². The van der Waals surface area contributed by atoms with Crippen LogP contribution in [-0.2, 0) is 30.9 Å². The molecule has 0 aromatic heterocycles. The molecule has 0 bridgehead atoms. The molecule has 0 aliphatic carbocycles. The quantitative estimate of drug-likeness (QED) is 0.0744. The Hall–Kier alpha value is -3.18. The second-order valence-electron chi connectivity index (χ2n) is 7.39. The van der Waals surface area contributed by atoms with Gasteiger partial charge in [0.25, 0.3) is 0 Å². The number of carboxylic acids is 2. The Labute approximate surface area is 240 Å². The lowest BCUT2D eigenvalue weighted by molar-refractivity contribution is -0.192. The summed E-state index contributed by atoms with van der Waals surface area (Å²) in [6, 6.07) is 7.46. The summed E-state index contributed by atoms with van der Waals surface area (Å²) < 4.78 is 64.8. The van der Waals surface area contributed by atoms with Crippen LogP contribution in [0.25, 0.3) is 0 Å². The number of halogens is 6. The first kappa shape index (κ1) is 34.8. The molecular formula is C21H22Cl3F3N4O8S. The number of carboxylic acid groups (broad SMARTS) is 2. The van der Waals surface area contributed by atoms with Crippen molar-refractivity contribution in [1.82, 2.24) is 4.72 Å². The molecule has 2 rings (SSSR count). The minimum atomic E-state index is -5.08. The molecule has 0 radical (unpaired) electrons. The van der Waals surface area contributed by atoms with Crippen molar-refractivity contribution in [2.24, 2.45) is 16.6 Å². The summed E-state index contributed by atoms with van der Waals surface area (Å²) in [5.74, 6) is -3.76. The number of ether oxygens (including phenoxy) is 1. The predicted octanol–water partition coefficient (Wildman–Crippen LogP) is 3.23. The van der Waals surface area contributed by atoms with E-state index in [1.54, 1.807) is 24.3 Å². The summed E-state index contributed by atoms with van der Waals surface area (Å²) in [5.41, 5.74) is 10.8. The molecule has 0 amide bonds. The Balaban J connectivity index is 0.00000101. The first-order chi connectivity index (χ1) is 18.5. The van der Waals surface area contributed by atoms with Gasteiger partial charge < -0.3 is 31.3 Å². The van der Waals surface area contributed by atoms with E-state index in [2.05, 4.69) is 9.88 Å². The Kier molecular flexibility index (Phi) is 13.6. The summed E-state index contributed by atoms with van der Waals surface area (Å²) in [4.78, 5) is 25.0. The van der Waals surface area contributed by atoms with Crippen molar-refractivity contribution in [1.29, 1.82) is 0 Å². The first-order valence-electron chi connectivity index (χ1n) is 10.6. The van der Waals surface area contributed by atoms with Gasteiger partial charge in [0.2, 0.25) is 16.0 Å². The number of carbonyl (C=O) groups is 2. The Bertz CT molecular complexity index is 1310. The SMILES string of the molecule is NC(N)=NOCCCOc1ccc(C[C@H](NS(=O)(=O)c2ccc(Cl)c(Cl)c2Cl)C(=O)O)cc1.O=C(O)C(F)(F)F. The van der Waals surface area contributed by atoms with E-state index in [-0.39, 0.29) is 39.0 Å². The average Bonchev–Trinajstić information content (AvgIpc) is 2.84. The smallest absolute Gasteiger partial charge is 0.490 e. The van der Waals surface area contributed by atoms with Gasteiger partial charge in [0, 0.05) is 6.42 Å². The van der Waals surface area contributed by atoms with Crippen molar-refractivity contribution in [3.63, 3.8) is 0 Å². The van der Waals surface area contributed by atoms with Crippen LogP contribution in [0.4, 0.5) is 13.2 Å². The molecule has 40 heavy (non-hydrogen) atoms. The van der Waals surface area contributed by atoms with E-state index >= 15 is 0 Å². The Morgan fingerprint density at radius 2 is 1.57 bits per heavy atom. The van der Waals surface area contributed by atoms with Crippen molar-refractivity contribution < 1.29 is 51.0 Å². The summed E-state index contributed by atoms with van der Waals surface area (Å²) in [6.07, 6.45) is -4.68. The van der Waals surface area contributed by atoms with Gasteiger partial charge in [-0.25, -0.2) is 13.2 Å². The molecule has 0 unspecified atom stereocenters. The van der Waals surface area contributed by atoms with Crippen molar-refractivity contribution in [3.8, 4) is 5.75 Å². The van der Waals surface area contributed by atoms with Crippen LogP contribution < -0.4 is 20.9 Å². The Morgan fingerprint density at radius 1 is 1.00 bits per heavy atom. The number of nitrogens with zero attached hydrogens (tertiary/aromatic N) is 1. The third kappa shape index (κ3) is 11.9. The van der Waals surface area contributed by atoms with Crippen LogP contribution in [0, 0.1) is 0 Å². The Morgan fingerprint density at radius 3 is 2.08 bits per heavy atom. The number of aliphatic carboxylic acids is 2. The lowest BCUT2D eigenvalue weighted by atomic mass is 10.1. The highest BCUT2D eigenvalue weighted by Crippen LogP contribution is 2.35. The van der Waals surface area contributed by atoms with E-state index < -0.39 is 34.2 Å². The lowest BCUT2D eigenvalue weighted by Crippen LogP contribution is -2.42. The van der Waals surface area contributed by atoms with Gasteiger partial charge in [0.15, 0.2) is 0 Å². The van der Waals surface area contributed by atoms with Crippen LogP contribution >= 0.6 is 34.8 Å². The molecule has 0 saturated carbocycles. The van der Waals surface area contributed by atoms with Crippen LogP contribution in [0.3, 0.4) is 0 Å². The number of benzene rings is 2.